The van der Waals surface area contributed by atoms with Crippen LogP contribution in [-0.4, -0.2) is 41.0 Å². The maximum atomic E-state index is 12.0. The second-order valence-corrected chi connectivity index (χ2v) is 5.22. The molecule has 5 nitrogen and oxygen atoms in total. The smallest absolute Gasteiger partial charge is 0.304 e. The molecule has 1 rings (SSSR count). The van der Waals surface area contributed by atoms with E-state index in [9.17, 15) is 9.59 Å². The molecule has 0 saturated heterocycles. The lowest BCUT2D eigenvalue weighted by Gasteiger charge is -2.22. The molecule has 0 bridgehead atoms. The lowest BCUT2D eigenvalue weighted by atomic mass is 10.2. The van der Waals surface area contributed by atoms with Crippen molar-refractivity contribution in [2.24, 2.45) is 0 Å². The Morgan fingerprint density at radius 1 is 1.29 bits per heavy atom. The van der Waals surface area contributed by atoms with E-state index in [0.29, 0.717) is 13.1 Å². The zero-order chi connectivity index (χ0) is 15.7. The van der Waals surface area contributed by atoms with Crippen LogP contribution < -0.4 is 5.32 Å². The lowest BCUT2D eigenvalue weighted by molar-refractivity contribution is -0.137. The Labute approximate surface area is 126 Å². The van der Waals surface area contributed by atoms with Crippen molar-refractivity contribution < 1.29 is 14.7 Å². The maximum Gasteiger partial charge on any atom is 0.304 e. The number of benzene rings is 1. The maximum absolute atomic E-state index is 12.0. The normalized spacial score (nSPS) is 12.1. The van der Waals surface area contributed by atoms with Gasteiger partial charge in [-0.2, -0.15) is 0 Å². The summed E-state index contributed by atoms with van der Waals surface area (Å²) in [6, 6.07) is 9.88. The van der Waals surface area contributed by atoms with Crippen LogP contribution >= 0.6 is 0 Å². The fraction of sp³-hybridized carbons (Fsp3) is 0.500. The third-order valence-corrected chi connectivity index (χ3v) is 3.28. The number of hydrogen-bond donors (Lipinski definition) is 2. The van der Waals surface area contributed by atoms with Gasteiger partial charge in [-0.15, -0.1) is 0 Å². The van der Waals surface area contributed by atoms with Crippen LogP contribution in [0.2, 0.25) is 0 Å². The van der Waals surface area contributed by atoms with Gasteiger partial charge in [-0.25, -0.2) is 0 Å². The van der Waals surface area contributed by atoms with E-state index in [1.807, 2.05) is 49.1 Å². The van der Waals surface area contributed by atoms with E-state index in [-0.39, 0.29) is 24.9 Å². The number of amides is 1. The number of carbonyl (C=O) groups is 2. The molecule has 0 saturated carbocycles. The summed E-state index contributed by atoms with van der Waals surface area (Å²) in [5, 5.41) is 11.7. The Hall–Kier alpha value is -1.88. The van der Waals surface area contributed by atoms with E-state index < -0.39 is 5.97 Å². The van der Waals surface area contributed by atoms with Crippen LogP contribution in [0.5, 0.6) is 0 Å². The van der Waals surface area contributed by atoms with E-state index in [4.69, 9.17) is 5.11 Å². The van der Waals surface area contributed by atoms with Gasteiger partial charge < -0.3 is 10.4 Å². The van der Waals surface area contributed by atoms with Crippen LogP contribution in [0.15, 0.2) is 30.3 Å². The van der Waals surface area contributed by atoms with E-state index >= 15 is 0 Å². The quantitative estimate of drug-likeness (QED) is 0.729. The summed E-state index contributed by atoms with van der Waals surface area (Å²) in [6.45, 7) is 5.11. The number of nitrogens with zero attached hydrogens (tertiary/aromatic N) is 1. The number of carboxylic acids is 1. The predicted octanol–water partition coefficient (Wildman–Crippen LogP) is 1.88. The van der Waals surface area contributed by atoms with Gasteiger partial charge in [-0.3, -0.25) is 14.5 Å². The van der Waals surface area contributed by atoms with Crippen molar-refractivity contribution in [3.05, 3.63) is 35.9 Å². The minimum atomic E-state index is -0.851. The molecule has 1 unspecified atom stereocenters. The Morgan fingerprint density at radius 2 is 1.95 bits per heavy atom. The summed E-state index contributed by atoms with van der Waals surface area (Å²) < 4.78 is 0. The van der Waals surface area contributed by atoms with Gasteiger partial charge in [-0.05, 0) is 18.9 Å². The number of nitrogens with one attached hydrogen (secondary N) is 1. The second-order valence-electron chi connectivity index (χ2n) is 5.22. The van der Waals surface area contributed by atoms with Crippen LogP contribution in [0.1, 0.15) is 32.3 Å². The van der Waals surface area contributed by atoms with Gasteiger partial charge in [0.15, 0.2) is 0 Å². The van der Waals surface area contributed by atoms with Gasteiger partial charge in [0.05, 0.1) is 13.0 Å². The first kappa shape index (κ1) is 17.2. The SMILES string of the molecule is CCC(C)NC(=O)CN(CCC(=O)O)Cc1ccccc1. The fourth-order valence-corrected chi connectivity index (χ4v) is 1.94. The molecule has 0 fully saturated rings. The van der Waals surface area contributed by atoms with Crippen LogP contribution in [0, 0.1) is 0 Å². The average molecular weight is 292 g/mol. The van der Waals surface area contributed by atoms with Crippen LogP contribution in [-0.2, 0) is 16.1 Å². The molecule has 0 radical (unpaired) electrons. The average Bonchev–Trinajstić information content (AvgIpc) is 2.45. The van der Waals surface area contributed by atoms with E-state index in [1.165, 1.54) is 0 Å². The van der Waals surface area contributed by atoms with E-state index in [0.717, 1.165) is 12.0 Å². The highest BCUT2D eigenvalue weighted by atomic mass is 16.4. The van der Waals surface area contributed by atoms with Gasteiger partial charge in [0, 0.05) is 19.1 Å². The number of aliphatic carboxylic acids is 1. The number of carboxylic acid groups (broad SMARTS) is 1. The van der Waals surface area contributed by atoms with Crippen molar-refractivity contribution in [3.8, 4) is 0 Å². The molecule has 116 valence electrons. The molecule has 1 atom stereocenters. The molecule has 1 aromatic rings. The van der Waals surface area contributed by atoms with E-state index in [2.05, 4.69) is 5.32 Å². The van der Waals surface area contributed by atoms with Gasteiger partial charge in [0.2, 0.25) is 5.91 Å². The minimum absolute atomic E-state index is 0.0312. The lowest BCUT2D eigenvalue weighted by Crippen LogP contribution is -2.41. The molecular formula is C16H24N2O3. The van der Waals surface area contributed by atoms with Gasteiger partial charge in [0.25, 0.3) is 0 Å². The van der Waals surface area contributed by atoms with Gasteiger partial charge in [-0.1, -0.05) is 37.3 Å². The van der Waals surface area contributed by atoms with Crippen LogP contribution in [0.3, 0.4) is 0 Å². The zero-order valence-electron chi connectivity index (χ0n) is 12.7. The molecule has 0 spiro atoms. The topological polar surface area (TPSA) is 69.6 Å². The van der Waals surface area contributed by atoms with Crippen molar-refractivity contribution in [2.45, 2.75) is 39.3 Å². The van der Waals surface area contributed by atoms with Crippen molar-refractivity contribution >= 4 is 11.9 Å². The summed E-state index contributed by atoms with van der Waals surface area (Å²) in [7, 11) is 0. The van der Waals surface area contributed by atoms with Crippen LogP contribution in [0.4, 0.5) is 0 Å². The monoisotopic (exact) mass is 292 g/mol. The molecule has 1 aromatic carbocycles. The van der Waals surface area contributed by atoms with Gasteiger partial charge in [0.1, 0.15) is 0 Å². The first-order valence-electron chi connectivity index (χ1n) is 7.28. The molecule has 0 aliphatic carbocycles. The third-order valence-electron chi connectivity index (χ3n) is 3.28. The second kappa shape index (κ2) is 9.13. The number of carbonyl (C=O) groups excluding carboxylic acids is 1. The van der Waals surface area contributed by atoms with Crippen molar-refractivity contribution in [1.82, 2.24) is 10.2 Å². The molecule has 1 amide bonds. The fourth-order valence-electron chi connectivity index (χ4n) is 1.94. The van der Waals surface area contributed by atoms with Crippen molar-refractivity contribution in [3.63, 3.8) is 0 Å². The summed E-state index contributed by atoms with van der Waals surface area (Å²) >= 11 is 0. The molecular weight excluding hydrogens is 268 g/mol. The first-order chi connectivity index (χ1) is 10.0. The molecule has 0 aromatic heterocycles. The standard InChI is InChI=1S/C16H24N2O3/c1-3-13(2)17-15(19)12-18(10-9-16(20)21)11-14-7-5-4-6-8-14/h4-8,13H,3,9-12H2,1-2H3,(H,17,19)(H,20,21). The largest absolute Gasteiger partial charge is 0.481 e. The third kappa shape index (κ3) is 7.46. The zero-order valence-corrected chi connectivity index (χ0v) is 12.7. The Kier molecular flexibility index (Phi) is 7.46. The summed E-state index contributed by atoms with van der Waals surface area (Å²) in [4.78, 5) is 24.6. The van der Waals surface area contributed by atoms with Crippen LogP contribution in [0.25, 0.3) is 0 Å². The first-order valence-corrected chi connectivity index (χ1v) is 7.28. The minimum Gasteiger partial charge on any atom is -0.481 e. The van der Waals surface area contributed by atoms with E-state index in [1.54, 1.807) is 0 Å². The predicted molar refractivity (Wildman–Crippen MR) is 81.9 cm³/mol. The highest BCUT2D eigenvalue weighted by Crippen LogP contribution is 2.05. The van der Waals surface area contributed by atoms with Crippen molar-refractivity contribution in [1.29, 1.82) is 0 Å². The van der Waals surface area contributed by atoms with Gasteiger partial charge >= 0.3 is 5.97 Å². The molecule has 0 aliphatic heterocycles. The number of hydrogen-bond acceptors (Lipinski definition) is 3. The summed E-state index contributed by atoms with van der Waals surface area (Å²) in [6.07, 6.45) is 0.906. The summed E-state index contributed by atoms with van der Waals surface area (Å²) in [5.41, 5.74) is 1.07. The molecule has 0 heterocycles. The van der Waals surface area contributed by atoms with Crippen molar-refractivity contribution in [2.75, 3.05) is 13.1 Å². The summed E-state index contributed by atoms with van der Waals surface area (Å²) in [5.74, 6) is -0.916. The Balaban J connectivity index is 2.59. The molecule has 0 aliphatic rings. The molecule has 5 heteroatoms. The Bertz CT molecular complexity index is 448. The Morgan fingerprint density at radius 3 is 2.52 bits per heavy atom. The highest BCUT2D eigenvalue weighted by Gasteiger charge is 2.14. The molecule has 2 N–H and O–H groups in total. The highest BCUT2D eigenvalue weighted by molar-refractivity contribution is 5.78. The number of rotatable bonds is 9. The molecule has 21 heavy (non-hydrogen) atoms.